The number of rotatable bonds is 0. The highest BCUT2D eigenvalue weighted by Crippen LogP contribution is 1.81. The summed E-state index contributed by atoms with van der Waals surface area (Å²) in [5.74, 6) is 5.56. The van der Waals surface area contributed by atoms with Gasteiger partial charge >= 0.3 is 0 Å². The summed E-state index contributed by atoms with van der Waals surface area (Å²) in [5.41, 5.74) is 0. The second-order valence-electron chi connectivity index (χ2n) is 5.27. The van der Waals surface area contributed by atoms with Crippen LogP contribution in [0.2, 0.25) is 0 Å². The van der Waals surface area contributed by atoms with Crippen LogP contribution in [0, 0.1) is 5.92 Å². The number of aromatic nitrogens is 1. The van der Waals surface area contributed by atoms with Gasteiger partial charge in [0.05, 0.1) is 40.5 Å². The van der Waals surface area contributed by atoms with Crippen LogP contribution in [-0.4, -0.2) is 39.9 Å². The summed E-state index contributed by atoms with van der Waals surface area (Å²) >= 11 is 0. The van der Waals surface area contributed by atoms with Crippen molar-refractivity contribution < 1.29 is 14.6 Å². The summed E-state index contributed by atoms with van der Waals surface area (Å²) in [5, 5.41) is 3.22. The molecule has 5 nitrogen and oxygen atoms in total. The number of nitrogens with two attached hydrogens (primary N) is 1. The molecule has 0 aliphatic rings. The van der Waals surface area contributed by atoms with E-state index in [1.54, 1.807) is 14.1 Å². The number of nitrogens with zero attached hydrogens (tertiary/aromatic N) is 2. The van der Waals surface area contributed by atoms with Crippen molar-refractivity contribution in [3.05, 3.63) is 30.6 Å². The Labute approximate surface area is 119 Å². The van der Waals surface area contributed by atoms with E-state index >= 15 is 0 Å². The van der Waals surface area contributed by atoms with Crippen LogP contribution >= 0.6 is 0 Å². The van der Waals surface area contributed by atoms with Crippen LogP contribution < -0.4 is 15.7 Å². The average Bonchev–Trinajstić information content (AvgIpc) is 2.30. The maximum Gasteiger partial charge on any atom is 0.166 e. The summed E-state index contributed by atoms with van der Waals surface area (Å²) < 4.78 is 1.53. The van der Waals surface area contributed by atoms with Crippen molar-refractivity contribution in [1.82, 2.24) is 0 Å². The molecule has 0 aliphatic carbocycles. The Balaban J connectivity index is -0.000000184. The largest absolute Gasteiger partial charge is 0.342 e. The molecule has 0 aromatic carbocycles. The lowest BCUT2D eigenvalue weighted by Gasteiger charge is -1.88. The predicted molar refractivity (Wildman–Crippen MR) is 81.0 cm³/mol. The van der Waals surface area contributed by atoms with Gasteiger partial charge in [0.1, 0.15) is 0 Å². The second kappa shape index (κ2) is 18.9. The molecule has 0 atom stereocenters. The lowest BCUT2D eigenvalue weighted by atomic mass is 10.3. The molecule has 0 amide bonds. The molecule has 112 valence electrons. The lowest BCUT2D eigenvalue weighted by Crippen LogP contribution is -3.02. The summed E-state index contributed by atoms with van der Waals surface area (Å²) in [6, 6.07) is 5.86. The molecule has 0 aliphatic heterocycles. The van der Waals surface area contributed by atoms with E-state index in [0.717, 1.165) is 5.92 Å². The number of pyridine rings is 1. The SMILES string of the molecule is CC(C)C.C[N+](C)=NN.C[NH+](C)C.c1cc[nH+]cc1. The van der Waals surface area contributed by atoms with Crippen molar-refractivity contribution in [1.29, 1.82) is 0 Å². The predicted octanol–water partition coefficient (Wildman–Crippen LogP) is 0.508. The van der Waals surface area contributed by atoms with Crippen molar-refractivity contribution in [2.24, 2.45) is 17.0 Å². The van der Waals surface area contributed by atoms with Crippen LogP contribution in [-0.2, 0) is 0 Å². The molecule has 1 aromatic heterocycles. The Morgan fingerprint density at radius 2 is 1.26 bits per heavy atom. The van der Waals surface area contributed by atoms with Crippen molar-refractivity contribution in [3.63, 3.8) is 0 Å². The number of H-pyrrole nitrogens is 1. The van der Waals surface area contributed by atoms with Gasteiger partial charge < -0.3 is 4.90 Å². The number of quaternary nitrogens is 1. The maximum atomic E-state index is 4.72. The smallest absolute Gasteiger partial charge is 0.166 e. The summed E-state index contributed by atoms with van der Waals surface area (Å²) in [6.07, 6.45) is 3.75. The van der Waals surface area contributed by atoms with Gasteiger partial charge in [0.15, 0.2) is 12.4 Å². The van der Waals surface area contributed by atoms with Gasteiger partial charge in [0, 0.05) is 12.1 Å². The van der Waals surface area contributed by atoms with Gasteiger partial charge in [0.25, 0.3) is 0 Å². The molecular weight excluding hydrogens is 238 g/mol. The Hall–Kier alpha value is -1.49. The zero-order valence-corrected chi connectivity index (χ0v) is 13.9. The molecule has 0 unspecified atom stereocenters. The highest BCUT2D eigenvalue weighted by molar-refractivity contribution is 4.82. The minimum atomic E-state index is 0.833. The monoisotopic (exact) mass is 272 g/mol. The zero-order chi connectivity index (χ0) is 15.7. The number of aromatic amines is 1. The zero-order valence-electron chi connectivity index (χ0n) is 13.9. The molecule has 0 bridgehead atoms. The van der Waals surface area contributed by atoms with Crippen molar-refractivity contribution >= 4 is 0 Å². The number of hydrogen-bond donors (Lipinski definition) is 2. The first-order valence-electron chi connectivity index (χ1n) is 6.50. The van der Waals surface area contributed by atoms with E-state index in [2.05, 4.69) is 52.1 Å². The third kappa shape index (κ3) is 82.0. The summed E-state index contributed by atoms with van der Waals surface area (Å²) in [6.45, 7) is 6.50. The van der Waals surface area contributed by atoms with Crippen LogP contribution in [0.5, 0.6) is 0 Å². The van der Waals surface area contributed by atoms with E-state index in [9.17, 15) is 0 Å². The number of nitrogens with one attached hydrogen (secondary N) is 2. The van der Waals surface area contributed by atoms with Gasteiger partial charge in [-0.3, -0.25) is 0 Å². The van der Waals surface area contributed by atoms with E-state index in [1.807, 2.05) is 30.6 Å². The molecule has 4 N–H and O–H groups in total. The number of hydrogen-bond acceptors (Lipinski definition) is 1. The van der Waals surface area contributed by atoms with Gasteiger partial charge in [0.2, 0.25) is 0 Å². The molecule has 0 spiro atoms. The van der Waals surface area contributed by atoms with Gasteiger partial charge in [-0.2, -0.15) is 10.5 Å². The highest BCUT2D eigenvalue weighted by atomic mass is 15.4. The molecule has 0 radical (unpaired) electrons. The fourth-order valence-electron chi connectivity index (χ4n) is 0.342. The Bertz CT molecular complexity index is 228. The van der Waals surface area contributed by atoms with Gasteiger partial charge in [-0.1, -0.05) is 26.8 Å². The van der Waals surface area contributed by atoms with E-state index in [1.165, 1.54) is 9.60 Å². The highest BCUT2D eigenvalue weighted by Gasteiger charge is 1.68. The van der Waals surface area contributed by atoms with Crippen LogP contribution in [0.25, 0.3) is 0 Å². The Morgan fingerprint density at radius 1 is 1.00 bits per heavy atom. The molecule has 0 saturated heterocycles. The normalized spacial score (nSPS) is 8.11. The average molecular weight is 272 g/mol. The van der Waals surface area contributed by atoms with Crippen LogP contribution in [0.4, 0.5) is 0 Å². The lowest BCUT2D eigenvalue weighted by molar-refractivity contribution is -0.836. The molecule has 5 heteroatoms. The van der Waals surface area contributed by atoms with Crippen molar-refractivity contribution in [2.45, 2.75) is 20.8 Å². The first kappa shape index (κ1) is 22.7. The van der Waals surface area contributed by atoms with E-state index in [4.69, 9.17) is 5.84 Å². The van der Waals surface area contributed by atoms with Crippen LogP contribution in [0.3, 0.4) is 0 Å². The van der Waals surface area contributed by atoms with E-state index in [0.29, 0.717) is 0 Å². The Morgan fingerprint density at radius 3 is 1.32 bits per heavy atom. The van der Waals surface area contributed by atoms with Crippen molar-refractivity contribution in [2.75, 3.05) is 35.2 Å². The minimum absolute atomic E-state index is 0.833. The minimum Gasteiger partial charge on any atom is -0.342 e. The molecular formula is C14H34N5+3. The summed E-state index contributed by atoms with van der Waals surface area (Å²) in [7, 11) is 9.78. The van der Waals surface area contributed by atoms with E-state index < -0.39 is 0 Å². The third-order valence-electron chi connectivity index (χ3n) is 0.838. The standard InChI is InChI=1S/C5H5N.C4H10.C3H9N.C2H7N3/c1-2-4-6-5-3-1;2*1-4(2)3;1-5(2)4-3/h1-5H;4H,1-3H3;1-3H3;3H,1-2H3/p+3. The second-order valence-corrected chi connectivity index (χ2v) is 5.27. The topological polar surface area (TPSA) is 60.0 Å². The molecule has 0 fully saturated rings. The van der Waals surface area contributed by atoms with Gasteiger partial charge in [-0.25, -0.2) is 4.98 Å². The fraction of sp³-hybridized carbons (Fsp3) is 0.643. The van der Waals surface area contributed by atoms with Crippen molar-refractivity contribution in [3.8, 4) is 0 Å². The molecule has 19 heavy (non-hydrogen) atoms. The van der Waals surface area contributed by atoms with Crippen LogP contribution in [0.15, 0.2) is 35.8 Å². The van der Waals surface area contributed by atoms with E-state index in [-0.39, 0.29) is 0 Å². The molecule has 1 heterocycles. The molecule has 0 saturated carbocycles. The third-order valence-corrected chi connectivity index (χ3v) is 0.838. The fourth-order valence-corrected chi connectivity index (χ4v) is 0.342. The maximum absolute atomic E-state index is 4.72. The van der Waals surface area contributed by atoms with Crippen LogP contribution in [0.1, 0.15) is 20.8 Å². The molecule has 1 aromatic rings. The van der Waals surface area contributed by atoms with Gasteiger partial charge in [-0.15, -0.1) is 0 Å². The first-order chi connectivity index (χ1) is 8.73. The molecule has 1 rings (SSSR count). The Kier molecular flexibility index (Phi) is 22.5. The first-order valence-corrected chi connectivity index (χ1v) is 6.50. The van der Waals surface area contributed by atoms with Gasteiger partial charge in [-0.05, 0) is 5.92 Å². The quantitative estimate of drug-likeness (QED) is 0.307. The summed E-state index contributed by atoms with van der Waals surface area (Å²) in [4.78, 5) is 4.31.